The third-order valence-electron chi connectivity index (χ3n) is 2.88. The standard InChI is InChI=1S/C12H16FNOS/c1-11(2)6-12(15,8-16-7-11)9-3-4-14-5-10(9)13/h3-5,15H,6-8H2,1-2H3. The van der Waals surface area contributed by atoms with Crippen LogP contribution in [0.2, 0.25) is 0 Å². The Kier molecular flexibility index (Phi) is 2.97. The quantitative estimate of drug-likeness (QED) is 0.820. The van der Waals surface area contributed by atoms with Crippen LogP contribution in [-0.4, -0.2) is 21.6 Å². The van der Waals surface area contributed by atoms with Gasteiger partial charge in [0.15, 0.2) is 0 Å². The van der Waals surface area contributed by atoms with Crippen molar-refractivity contribution in [3.05, 3.63) is 29.8 Å². The van der Waals surface area contributed by atoms with Gasteiger partial charge in [-0.2, -0.15) is 11.8 Å². The molecule has 88 valence electrons. The highest BCUT2D eigenvalue weighted by Crippen LogP contribution is 2.44. The van der Waals surface area contributed by atoms with E-state index in [-0.39, 0.29) is 5.41 Å². The number of nitrogens with zero attached hydrogens (tertiary/aromatic N) is 1. The fourth-order valence-corrected chi connectivity index (χ4v) is 3.67. The van der Waals surface area contributed by atoms with Crippen molar-refractivity contribution in [1.29, 1.82) is 0 Å². The maximum Gasteiger partial charge on any atom is 0.147 e. The van der Waals surface area contributed by atoms with Gasteiger partial charge in [-0.25, -0.2) is 4.39 Å². The van der Waals surface area contributed by atoms with E-state index < -0.39 is 11.4 Å². The Morgan fingerprint density at radius 1 is 1.44 bits per heavy atom. The Bertz CT molecular complexity index is 396. The van der Waals surface area contributed by atoms with Gasteiger partial charge in [-0.3, -0.25) is 4.98 Å². The molecule has 1 aliphatic rings. The summed E-state index contributed by atoms with van der Waals surface area (Å²) in [4.78, 5) is 3.71. The van der Waals surface area contributed by atoms with Gasteiger partial charge in [0, 0.05) is 17.5 Å². The minimum Gasteiger partial charge on any atom is -0.384 e. The van der Waals surface area contributed by atoms with Crippen molar-refractivity contribution < 1.29 is 9.50 Å². The van der Waals surface area contributed by atoms with Gasteiger partial charge < -0.3 is 5.11 Å². The zero-order valence-electron chi connectivity index (χ0n) is 9.53. The third-order valence-corrected chi connectivity index (χ3v) is 4.55. The summed E-state index contributed by atoms with van der Waals surface area (Å²) in [6.07, 6.45) is 3.29. The average molecular weight is 241 g/mol. The first-order chi connectivity index (χ1) is 7.43. The molecule has 1 aromatic heterocycles. The Morgan fingerprint density at radius 2 is 2.19 bits per heavy atom. The Balaban J connectivity index is 2.35. The Labute approximate surface area is 99.3 Å². The van der Waals surface area contributed by atoms with Gasteiger partial charge in [-0.15, -0.1) is 0 Å². The smallest absolute Gasteiger partial charge is 0.147 e. The zero-order chi connectivity index (χ0) is 11.8. The lowest BCUT2D eigenvalue weighted by Gasteiger charge is -2.41. The van der Waals surface area contributed by atoms with Crippen molar-refractivity contribution in [1.82, 2.24) is 4.98 Å². The number of hydrogen-bond acceptors (Lipinski definition) is 3. The summed E-state index contributed by atoms with van der Waals surface area (Å²) in [6, 6.07) is 1.58. The minimum absolute atomic E-state index is 0.0351. The number of pyridine rings is 1. The second kappa shape index (κ2) is 4.00. The molecule has 1 atom stereocenters. The first-order valence-corrected chi connectivity index (χ1v) is 6.49. The monoisotopic (exact) mass is 241 g/mol. The molecule has 2 rings (SSSR count). The molecule has 0 spiro atoms. The SMILES string of the molecule is CC1(C)CSCC(O)(c2ccncc2F)C1. The lowest BCUT2D eigenvalue weighted by atomic mass is 9.78. The fourth-order valence-electron chi connectivity index (χ4n) is 2.32. The van der Waals surface area contributed by atoms with E-state index in [9.17, 15) is 9.50 Å². The highest BCUT2D eigenvalue weighted by Gasteiger charge is 2.41. The largest absolute Gasteiger partial charge is 0.384 e. The maximum absolute atomic E-state index is 13.6. The van der Waals surface area contributed by atoms with Crippen LogP contribution < -0.4 is 0 Å². The van der Waals surface area contributed by atoms with E-state index in [0.29, 0.717) is 17.7 Å². The van der Waals surface area contributed by atoms with Gasteiger partial charge in [0.1, 0.15) is 11.4 Å². The lowest BCUT2D eigenvalue weighted by molar-refractivity contribution is 0.0124. The van der Waals surface area contributed by atoms with Gasteiger partial charge >= 0.3 is 0 Å². The molecule has 0 bridgehead atoms. The van der Waals surface area contributed by atoms with Crippen molar-refractivity contribution in [2.24, 2.45) is 5.41 Å². The van der Waals surface area contributed by atoms with E-state index in [1.807, 2.05) is 0 Å². The highest BCUT2D eigenvalue weighted by molar-refractivity contribution is 7.99. The molecule has 2 heterocycles. The topological polar surface area (TPSA) is 33.1 Å². The number of halogens is 1. The van der Waals surface area contributed by atoms with Crippen LogP contribution >= 0.6 is 11.8 Å². The number of aliphatic hydroxyl groups is 1. The second-order valence-corrected chi connectivity index (χ2v) is 6.21. The summed E-state index contributed by atoms with van der Waals surface area (Å²) >= 11 is 1.68. The van der Waals surface area contributed by atoms with Crippen LogP contribution in [0.1, 0.15) is 25.8 Å². The molecule has 1 aliphatic heterocycles. The molecule has 4 heteroatoms. The Morgan fingerprint density at radius 3 is 2.81 bits per heavy atom. The normalized spacial score (nSPS) is 29.0. The van der Waals surface area contributed by atoms with Crippen molar-refractivity contribution in [2.75, 3.05) is 11.5 Å². The molecule has 1 aromatic rings. The van der Waals surface area contributed by atoms with Crippen LogP contribution in [0.4, 0.5) is 4.39 Å². The van der Waals surface area contributed by atoms with Crippen LogP contribution in [0.15, 0.2) is 18.5 Å². The first kappa shape index (κ1) is 11.9. The van der Waals surface area contributed by atoms with E-state index in [1.165, 1.54) is 12.4 Å². The highest BCUT2D eigenvalue weighted by atomic mass is 32.2. The van der Waals surface area contributed by atoms with Crippen molar-refractivity contribution in [3.63, 3.8) is 0 Å². The maximum atomic E-state index is 13.6. The molecular weight excluding hydrogens is 225 g/mol. The van der Waals surface area contributed by atoms with Crippen molar-refractivity contribution in [2.45, 2.75) is 25.9 Å². The van der Waals surface area contributed by atoms with Crippen LogP contribution in [0, 0.1) is 11.2 Å². The first-order valence-electron chi connectivity index (χ1n) is 5.33. The second-order valence-electron chi connectivity index (χ2n) is 5.22. The van der Waals surface area contributed by atoms with Gasteiger partial charge in [-0.05, 0) is 23.7 Å². The average Bonchev–Trinajstić information content (AvgIpc) is 2.16. The minimum atomic E-state index is -1.06. The summed E-state index contributed by atoms with van der Waals surface area (Å²) in [7, 11) is 0. The summed E-state index contributed by atoms with van der Waals surface area (Å²) in [6.45, 7) is 4.20. The summed E-state index contributed by atoms with van der Waals surface area (Å²) in [5.74, 6) is 1.14. The van der Waals surface area contributed by atoms with E-state index in [1.54, 1.807) is 17.8 Å². The third kappa shape index (κ3) is 2.23. The van der Waals surface area contributed by atoms with E-state index in [2.05, 4.69) is 18.8 Å². The van der Waals surface area contributed by atoms with Crippen LogP contribution in [0.25, 0.3) is 0 Å². The summed E-state index contributed by atoms with van der Waals surface area (Å²) in [5, 5.41) is 10.6. The van der Waals surface area contributed by atoms with E-state index >= 15 is 0 Å². The fraction of sp³-hybridized carbons (Fsp3) is 0.583. The van der Waals surface area contributed by atoms with E-state index in [4.69, 9.17) is 0 Å². The van der Waals surface area contributed by atoms with Gasteiger partial charge in [0.2, 0.25) is 0 Å². The van der Waals surface area contributed by atoms with Crippen molar-refractivity contribution >= 4 is 11.8 Å². The van der Waals surface area contributed by atoms with Gasteiger partial charge in [-0.1, -0.05) is 13.8 Å². The zero-order valence-corrected chi connectivity index (χ0v) is 10.4. The predicted octanol–water partition coefficient (Wildman–Crippen LogP) is 2.57. The molecule has 1 N–H and O–H groups in total. The number of aromatic nitrogens is 1. The Hall–Kier alpha value is -0.610. The molecule has 0 radical (unpaired) electrons. The molecule has 2 nitrogen and oxygen atoms in total. The summed E-state index contributed by atoms with van der Waals surface area (Å²) < 4.78 is 13.6. The summed E-state index contributed by atoms with van der Waals surface area (Å²) in [5.41, 5.74) is -0.643. The molecule has 0 saturated carbocycles. The number of thioether (sulfide) groups is 1. The van der Waals surface area contributed by atoms with Crippen LogP contribution in [0.3, 0.4) is 0 Å². The van der Waals surface area contributed by atoms with Crippen LogP contribution in [-0.2, 0) is 5.60 Å². The van der Waals surface area contributed by atoms with Crippen LogP contribution in [0.5, 0.6) is 0 Å². The van der Waals surface area contributed by atoms with Gasteiger partial charge in [0.05, 0.1) is 6.20 Å². The van der Waals surface area contributed by atoms with Crippen molar-refractivity contribution in [3.8, 4) is 0 Å². The van der Waals surface area contributed by atoms with E-state index in [0.717, 1.165) is 5.75 Å². The molecule has 0 amide bonds. The molecule has 0 aliphatic carbocycles. The number of hydrogen-bond donors (Lipinski definition) is 1. The predicted molar refractivity (Wildman–Crippen MR) is 63.8 cm³/mol. The molecular formula is C12H16FNOS. The number of rotatable bonds is 1. The molecule has 0 aromatic carbocycles. The molecule has 1 saturated heterocycles. The molecule has 1 fully saturated rings. The molecule has 1 unspecified atom stereocenters. The lowest BCUT2D eigenvalue weighted by Crippen LogP contribution is -2.40. The van der Waals surface area contributed by atoms with Gasteiger partial charge in [0.25, 0.3) is 0 Å². The molecule has 16 heavy (non-hydrogen) atoms.